The number of benzene rings is 2. The number of nitrogens with zero attached hydrogens (tertiary/aromatic N) is 3. The smallest absolute Gasteiger partial charge is 0.216 e. The number of aromatic amines is 1. The number of phenols is 1. The molecule has 0 aliphatic heterocycles. The molecular formula is C17H15BrN4O3S. The van der Waals surface area contributed by atoms with E-state index in [2.05, 4.69) is 31.2 Å². The number of rotatable bonds is 6. The van der Waals surface area contributed by atoms with Crippen LogP contribution in [-0.2, 0) is 6.61 Å². The van der Waals surface area contributed by atoms with Gasteiger partial charge in [0.25, 0.3) is 0 Å². The molecule has 26 heavy (non-hydrogen) atoms. The molecule has 2 aromatic carbocycles. The van der Waals surface area contributed by atoms with Crippen LogP contribution in [0.2, 0.25) is 0 Å². The minimum Gasteiger partial charge on any atom is -0.504 e. The van der Waals surface area contributed by atoms with Crippen molar-refractivity contribution in [2.45, 2.75) is 6.61 Å². The molecule has 0 amide bonds. The van der Waals surface area contributed by atoms with Crippen LogP contribution in [0.5, 0.6) is 17.2 Å². The lowest BCUT2D eigenvalue weighted by molar-refractivity contribution is 0.290. The SMILES string of the molecule is COc1cc(Br)cc(/C=N\n2c(COc3ccccc3)n[nH]c2=S)c1O. The third-order valence-corrected chi connectivity index (χ3v) is 4.15. The third-order valence-electron chi connectivity index (χ3n) is 3.43. The average Bonchev–Trinajstić information content (AvgIpc) is 3.01. The fourth-order valence-corrected chi connectivity index (χ4v) is 2.82. The standard InChI is InChI=1S/C17H15BrN4O3S/c1-24-14-8-12(18)7-11(16(14)23)9-19-22-15(20-21-17(22)26)10-25-13-5-3-2-4-6-13/h2-9,23H,10H2,1H3,(H,21,26)/b19-9-. The lowest BCUT2D eigenvalue weighted by atomic mass is 10.2. The molecule has 9 heteroatoms. The molecule has 0 bridgehead atoms. The van der Waals surface area contributed by atoms with E-state index in [1.165, 1.54) is 18.0 Å². The van der Waals surface area contributed by atoms with Crippen LogP contribution in [0.25, 0.3) is 0 Å². The van der Waals surface area contributed by atoms with Gasteiger partial charge in [0, 0.05) is 10.0 Å². The fraction of sp³-hybridized carbons (Fsp3) is 0.118. The van der Waals surface area contributed by atoms with Crippen molar-refractivity contribution < 1.29 is 14.6 Å². The van der Waals surface area contributed by atoms with Gasteiger partial charge in [-0.1, -0.05) is 34.1 Å². The largest absolute Gasteiger partial charge is 0.504 e. The van der Waals surface area contributed by atoms with E-state index in [-0.39, 0.29) is 12.4 Å². The quantitative estimate of drug-likeness (QED) is 0.454. The minimum absolute atomic E-state index is 0.0171. The molecule has 3 rings (SSSR count). The van der Waals surface area contributed by atoms with Crippen LogP contribution >= 0.6 is 28.1 Å². The Bertz CT molecular complexity index is 985. The Balaban J connectivity index is 1.84. The van der Waals surface area contributed by atoms with Gasteiger partial charge in [0.15, 0.2) is 17.3 Å². The van der Waals surface area contributed by atoms with Gasteiger partial charge in [-0.05, 0) is 36.5 Å². The number of phenolic OH excluding ortho intramolecular Hbond substituents is 1. The number of H-pyrrole nitrogens is 1. The minimum atomic E-state index is -0.0171. The van der Waals surface area contributed by atoms with Crippen LogP contribution in [0.15, 0.2) is 52.0 Å². The van der Waals surface area contributed by atoms with Gasteiger partial charge in [0.05, 0.1) is 13.3 Å². The van der Waals surface area contributed by atoms with Crippen molar-refractivity contribution in [3.05, 3.63) is 63.1 Å². The Hall–Kier alpha value is -2.65. The molecule has 0 aliphatic rings. The first-order valence-electron chi connectivity index (χ1n) is 7.53. The monoisotopic (exact) mass is 434 g/mol. The third kappa shape index (κ3) is 4.12. The van der Waals surface area contributed by atoms with Crippen LogP contribution in [0.4, 0.5) is 0 Å². The summed E-state index contributed by atoms with van der Waals surface area (Å²) < 4.78 is 13.3. The zero-order chi connectivity index (χ0) is 18.5. The lowest BCUT2D eigenvalue weighted by Gasteiger charge is -2.07. The molecule has 0 fully saturated rings. The molecule has 0 atom stereocenters. The predicted octanol–water partition coefficient (Wildman–Crippen LogP) is 3.88. The van der Waals surface area contributed by atoms with E-state index in [0.717, 1.165) is 4.47 Å². The van der Waals surface area contributed by atoms with E-state index in [1.807, 2.05) is 30.3 Å². The maximum Gasteiger partial charge on any atom is 0.216 e. The first kappa shape index (κ1) is 18.2. The summed E-state index contributed by atoms with van der Waals surface area (Å²) in [6.45, 7) is 0.183. The van der Waals surface area contributed by atoms with E-state index in [4.69, 9.17) is 21.7 Å². The molecule has 1 heterocycles. The molecular weight excluding hydrogens is 420 g/mol. The van der Waals surface area contributed by atoms with E-state index < -0.39 is 0 Å². The van der Waals surface area contributed by atoms with E-state index in [9.17, 15) is 5.11 Å². The van der Waals surface area contributed by atoms with Crippen LogP contribution in [0.1, 0.15) is 11.4 Å². The predicted molar refractivity (Wildman–Crippen MR) is 104 cm³/mol. The molecule has 3 aromatic rings. The van der Waals surface area contributed by atoms with Crippen LogP contribution in [0, 0.1) is 4.77 Å². The van der Waals surface area contributed by atoms with Crippen molar-refractivity contribution in [3.63, 3.8) is 0 Å². The van der Waals surface area contributed by atoms with Gasteiger partial charge in [-0.2, -0.15) is 14.9 Å². The summed E-state index contributed by atoms with van der Waals surface area (Å²) in [4.78, 5) is 0. The average molecular weight is 435 g/mol. The van der Waals surface area contributed by atoms with Gasteiger partial charge >= 0.3 is 0 Å². The summed E-state index contributed by atoms with van der Waals surface area (Å²) in [5.41, 5.74) is 0.467. The summed E-state index contributed by atoms with van der Waals surface area (Å²) in [5, 5.41) is 21.3. The van der Waals surface area contributed by atoms with Gasteiger partial charge in [0.2, 0.25) is 4.77 Å². The van der Waals surface area contributed by atoms with E-state index in [1.54, 1.807) is 12.1 Å². The van der Waals surface area contributed by atoms with E-state index >= 15 is 0 Å². The highest BCUT2D eigenvalue weighted by molar-refractivity contribution is 9.10. The number of halogens is 1. The summed E-state index contributed by atoms with van der Waals surface area (Å²) in [6, 6.07) is 12.7. The zero-order valence-electron chi connectivity index (χ0n) is 13.7. The Labute approximate surface area is 163 Å². The second-order valence-electron chi connectivity index (χ2n) is 5.15. The zero-order valence-corrected chi connectivity index (χ0v) is 16.1. The van der Waals surface area contributed by atoms with Crippen LogP contribution in [0.3, 0.4) is 0 Å². The molecule has 7 nitrogen and oxygen atoms in total. The number of para-hydroxylation sites is 1. The molecule has 0 radical (unpaired) electrons. The number of aromatic nitrogens is 3. The molecule has 134 valence electrons. The van der Waals surface area contributed by atoms with Gasteiger partial charge in [-0.25, -0.2) is 5.10 Å². The van der Waals surface area contributed by atoms with Gasteiger partial charge in [0.1, 0.15) is 12.4 Å². The number of hydrogen-bond acceptors (Lipinski definition) is 6. The number of methoxy groups -OCH3 is 1. The highest BCUT2D eigenvalue weighted by Crippen LogP contribution is 2.32. The first-order chi connectivity index (χ1) is 12.6. The highest BCUT2D eigenvalue weighted by Gasteiger charge is 2.10. The molecule has 1 aromatic heterocycles. The normalized spacial score (nSPS) is 11.0. The Morgan fingerprint density at radius 1 is 1.35 bits per heavy atom. The molecule has 0 unspecified atom stereocenters. The van der Waals surface area contributed by atoms with Crippen LogP contribution in [-0.4, -0.2) is 33.3 Å². The molecule has 0 saturated heterocycles. The van der Waals surface area contributed by atoms with Crippen molar-refractivity contribution in [3.8, 4) is 17.2 Å². The fourth-order valence-electron chi connectivity index (χ4n) is 2.17. The van der Waals surface area contributed by atoms with Crippen molar-refractivity contribution in [1.82, 2.24) is 14.9 Å². The number of nitrogens with one attached hydrogen (secondary N) is 1. The molecule has 2 N–H and O–H groups in total. The molecule has 0 spiro atoms. The van der Waals surface area contributed by atoms with E-state index in [0.29, 0.717) is 27.7 Å². The van der Waals surface area contributed by atoms with Crippen molar-refractivity contribution in [1.29, 1.82) is 0 Å². The van der Waals surface area contributed by atoms with Crippen molar-refractivity contribution in [2.24, 2.45) is 5.10 Å². The Kier molecular flexibility index (Phi) is 5.69. The van der Waals surface area contributed by atoms with Crippen molar-refractivity contribution in [2.75, 3.05) is 7.11 Å². The second kappa shape index (κ2) is 8.15. The number of aromatic hydroxyl groups is 1. The topological polar surface area (TPSA) is 84.7 Å². The summed E-state index contributed by atoms with van der Waals surface area (Å²) in [6.07, 6.45) is 1.47. The van der Waals surface area contributed by atoms with Gasteiger partial charge in [-0.15, -0.1) is 0 Å². The maximum atomic E-state index is 10.2. The van der Waals surface area contributed by atoms with Crippen molar-refractivity contribution >= 4 is 34.4 Å². The summed E-state index contributed by atoms with van der Waals surface area (Å²) >= 11 is 8.57. The number of ether oxygens (including phenoxy) is 2. The Morgan fingerprint density at radius 3 is 2.85 bits per heavy atom. The lowest BCUT2D eigenvalue weighted by Crippen LogP contribution is -2.04. The first-order valence-corrected chi connectivity index (χ1v) is 8.73. The van der Waals surface area contributed by atoms with Crippen LogP contribution < -0.4 is 9.47 Å². The summed E-state index contributed by atoms with van der Waals surface area (Å²) in [7, 11) is 1.48. The van der Waals surface area contributed by atoms with Gasteiger partial charge < -0.3 is 14.6 Å². The molecule has 0 saturated carbocycles. The second-order valence-corrected chi connectivity index (χ2v) is 6.45. The number of hydrogen-bond donors (Lipinski definition) is 2. The Morgan fingerprint density at radius 2 is 2.12 bits per heavy atom. The van der Waals surface area contributed by atoms with Gasteiger partial charge in [-0.3, -0.25) is 0 Å². The maximum absolute atomic E-state index is 10.2. The highest BCUT2D eigenvalue weighted by atomic mass is 79.9. The summed E-state index contributed by atoms with van der Waals surface area (Å²) in [5.74, 6) is 1.53. The molecule has 0 aliphatic carbocycles.